The first-order valence-corrected chi connectivity index (χ1v) is 12.5. The maximum Gasteiger partial charge on any atom is 0.350 e. The van der Waals surface area contributed by atoms with Crippen molar-refractivity contribution in [3.63, 3.8) is 0 Å². The van der Waals surface area contributed by atoms with Gasteiger partial charge in [0, 0.05) is 41.2 Å². The summed E-state index contributed by atoms with van der Waals surface area (Å²) in [7, 11) is 0. The van der Waals surface area contributed by atoms with Gasteiger partial charge in [-0.2, -0.15) is 9.36 Å². The minimum atomic E-state index is -1.73. The number of nitrogens with one attached hydrogen (secondary N) is 1. The molecule has 0 saturated carbocycles. The van der Waals surface area contributed by atoms with Gasteiger partial charge in [0.05, 0.1) is 5.56 Å². The molecule has 1 fully saturated rings. The fourth-order valence-electron chi connectivity index (χ4n) is 3.31. The predicted molar refractivity (Wildman–Crippen MR) is 130 cm³/mol. The number of aromatic carboxylic acids is 1. The highest BCUT2D eigenvalue weighted by Crippen LogP contribution is 2.36. The van der Waals surface area contributed by atoms with Crippen LogP contribution in [-0.4, -0.2) is 76.7 Å². The van der Waals surface area contributed by atoms with Gasteiger partial charge in [-0.05, 0) is 13.8 Å². The molecule has 4 rings (SSSR count). The smallest absolute Gasteiger partial charge is 0.350 e. The second-order valence-electron chi connectivity index (χ2n) is 8.55. The molecule has 2 aliphatic rings. The van der Waals surface area contributed by atoms with E-state index in [1.165, 1.54) is 42.6 Å². The summed E-state index contributed by atoms with van der Waals surface area (Å²) in [5.74, 6) is -3.05. The van der Waals surface area contributed by atoms with Gasteiger partial charge < -0.3 is 31.0 Å². The van der Waals surface area contributed by atoms with Crippen molar-refractivity contribution in [3.8, 4) is 0 Å². The Morgan fingerprint density at radius 2 is 2.03 bits per heavy atom. The summed E-state index contributed by atoms with van der Waals surface area (Å²) in [6, 6.07) is 2.13. The van der Waals surface area contributed by atoms with E-state index in [9.17, 15) is 24.3 Å². The molecule has 194 valence electrons. The summed E-state index contributed by atoms with van der Waals surface area (Å²) in [5.41, 5.74) is 4.57. The van der Waals surface area contributed by atoms with Crippen LogP contribution >= 0.6 is 23.3 Å². The number of carbonyl (C=O) groups is 4. The number of oxime groups is 1. The fourth-order valence-corrected chi connectivity index (χ4v) is 5.00. The molecule has 0 spiro atoms. The Morgan fingerprint density at radius 1 is 1.32 bits per heavy atom. The van der Waals surface area contributed by atoms with Gasteiger partial charge in [-0.3, -0.25) is 9.59 Å². The molecule has 1 unspecified atom stereocenters. The number of aliphatic carboxylic acids is 1. The third kappa shape index (κ3) is 5.54. The first-order chi connectivity index (χ1) is 17.5. The molecule has 2 amide bonds. The zero-order chi connectivity index (χ0) is 26.9. The zero-order valence-electron chi connectivity index (χ0n) is 19.5. The second-order valence-corrected chi connectivity index (χ2v) is 10.4. The van der Waals surface area contributed by atoms with E-state index in [0.29, 0.717) is 12.3 Å². The quantitative estimate of drug-likeness (QED) is 0.138. The fraction of sp³-hybridized carbons (Fsp3) is 0.333. The maximum absolute atomic E-state index is 13.0. The van der Waals surface area contributed by atoms with Crippen molar-refractivity contribution < 1.29 is 38.8 Å². The molecular weight excluding hydrogens is 526 g/mol. The summed E-state index contributed by atoms with van der Waals surface area (Å²) in [6.07, 6.45) is 5.02. The third-order valence-electron chi connectivity index (χ3n) is 5.40. The number of β-lactam (4-membered cyclic amide) rings is 1. The molecule has 4 heterocycles. The lowest BCUT2D eigenvalue weighted by Gasteiger charge is -2.47. The average molecular weight is 549 g/mol. The Balaban J connectivity index is 1.44. The number of rotatable bonds is 9. The topological polar surface area (TPSA) is 201 Å². The molecule has 2 aromatic heterocycles. The van der Waals surface area contributed by atoms with E-state index in [4.69, 9.17) is 15.7 Å². The standard InChI is InChI=1S/C21H21N7O7S2/c1-21(2,19(33)34)35-25-12(14-24-20(22)37-26-14)15(29)23-13-16(30)28-8-10(9-36-17(13)28)7-27-5-3-11(4-6-27)18(31)32/h3-6,8,13,17H,7,9H2,1-2H3,(H4-,22,23,24,26,29,31,32,33,34)/p+1/b25-12+/t13?,17-/m1/s1. The van der Waals surface area contributed by atoms with Gasteiger partial charge in [0.2, 0.25) is 17.1 Å². The van der Waals surface area contributed by atoms with Crippen molar-refractivity contribution in [2.75, 3.05) is 11.5 Å². The number of thioether (sulfide) groups is 1. The van der Waals surface area contributed by atoms with Crippen LogP contribution in [0.3, 0.4) is 0 Å². The summed E-state index contributed by atoms with van der Waals surface area (Å²) < 4.78 is 5.74. The van der Waals surface area contributed by atoms with Crippen LogP contribution in [0.2, 0.25) is 0 Å². The van der Waals surface area contributed by atoms with Crippen LogP contribution in [0, 0.1) is 0 Å². The van der Waals surface area contributed by atoms with Gasteiger partial charge in [0.1, 0.15) is 11.4 Å². The van der Waals surface area contributed by atoms with Crippen LogP contribution < -0.4 is 15.6 Å². The number of hydrogen-bond donors (Lipinski definition) is 4. The zero-order valence-corrected chi connectivity index (χ0v) is 21.2. The molecule has 2 aliphatic heterocycles. The van der Waals surface area contributed by atoms with Crippen LogP contribution in [0.15, 0.2) is 41.5 Å². The van der Waals surface area contributed by atoms with Gasteiger partial charge in [-0.1, -0.05) is 5.16 Å². The molecule has 0 aliphatic carbocycles. The normalized spacial score (nSPS) is 19.4. The highest BCUT2D eigenvalue weighted by Gasteiger charge is 2.50. The number of aromatic nitrogens is 3. The summed E-state index contributed by atoms with van der Waals surface area (Å²) in [4.78, 5) is 58.7. The number of pyridine rings is 1. The van der Waals surface area contributed by atoms with Crippen molar-refractivity contribution in [1.82, 2.24) is 19.6 Å². The molecule has 0 bridgehead atoms. The van der Waals surface area contributed by atoms with Crippen LogP contribution in [0.4, 0.5) is 5.13 Å². The van der Waals surface area contributed by atoms with Gasteiger partial charge in [0.25, 0.3) is 11.8 Å². The number of carbonyl (C=O) groups excluding carboxylic acids is 2. The predicted octanol–water partition coefficient (Wildman–Crippen LogP) is -0.326. The number of fused-ring (bicyclic) bond motifs is 1. The van der Waals surface area contributed by atoms with E-state index in [-0.39, 0.29) is 27.8 Å². The van der Waals surface area contributed by atoms with E-state index >= 15 is 0 Å². The van der Waals surface area contributed by atoms with E-state index in [1.54, 1.807) is 23.2 Å². The number of hydrogen-bond acceptors (Lipinski definition) is 11. The molecule has 14 nitrogen and oxygen atoms in total. The largest absolute Gasteiger partial charge is 0.478 e. The lowest BCUT2D eigenvalue weighted by molar-refractivity contribution is -0.689. The van der Waals surface area contributed by atoms with E-state index < -0.39 is 35.2 Å². The average Bonchev–Trinajstić information content (AvgIpc) is 3.28. The first kappa shape index (κ1) is 26.0. The highest BCUT2D eigenvalue weighted by molar-refractivity contribution is 8.00. The third-order valence-corrected chi connectivity index (χ3v) is 7.32. The van der Waals surface area contributed by atoms with Gasteiger partial charge >= 0.3 is 11.9 Å². The van der Waals surface area contributed by atoms with Gasteiger partial charge in [-0.25, -0.2) is 14.2 Å². The second kappa shape index (κ2) is 10.1. The maximum atomic E-state index is 13.0. The van der Waals surface area contributed by atoms with Crippen LogP contribution in [0.25, 0.3) is 0 Å². The van der Waals surface area contributed by atoms with E-state index in [2.05, 4.69) is 19.8 Å². The molecular formula is C21H22N7O7S2+. The van der Waals surface area contributed by atoms with Gasteiger partial charge in [-0.15, -0.1) is 11.8 Å². The van der Waals surface area contributed by atoms with Crippen LogP contribution in [0.1, 0.15) is 30.0 Å². The Labute approximate surface area is 218 Å². The number of nitrogen functional groups attached to an aromatic ring is 1. The van der Waals surface area contributed by atoms with Crippen molar-refractivity contribution in [1.29, 1.82) is 0 Å². The Bertz CT molecular complexity index is 1320. The monoisotopic (exact) mass is 548 g/mol. The van der Waals surface area contributed by atoms with Crippen molar-refractivity contribution in [2.45, 2.75) is 37.4 Å². The molecule has 0 aromatic carbocycles. The first-order valence-electron chi connectivity index (χ1n) is 10.7. The van der Waals surface area contributed by atoms with Crippen molar-refractivity contribution in [2.24, 2.45) is 5.16 Å². The van der Waals surface area contributed by atoms with Crippen molar-refractivity contribution in [3.05, 3.63) is 47.7 Å². The van der Waals surface area contributed by atoms with Crippen molar-refractivity contribution >= 4 is 57.9 Å². The lowest BCUT2D eigenvalue weighted by atomic mass is 10.1. The molecule has 1 saturated heterocycles. The van der Waals surface area contributed by atoms with Gasteiger partial charge in [0.15, 0.2) is 24.1 Å². The highest BCUT2D eigenvalue weighted by atomic mass is 32.2. The SMILES string of the molecule is CC(C)(O/N=C(/C(=O)NC1C(=O)N2C=C(C[n+]3ccc(C(=O)O)cc3)CS[C@H]12)c1nsc(N)n1)C(=O)O. The number of carboxylic acids is 2. The summed E-state index contributed by atoms with van der Waals surface area (Å²) >= 11 is 2.27. The van der Waals surface area contributed by atoms with Crippen LogP contribution in [0.5, 0.6) is 0 Å². The molecule has 0 radical (unpaired) electrons. The number of anilines is 1. The molecule has 16 heteroatoms. The molecule has 2 atom stereocenters. The minimum Gasteiger partial charge on any atom is -0.478 e. The Kier molecular flexibility index (Phi) is 7.13. The minimum absolute atomic E-state index is 0.0647. The number of carboxylic acid groups (broad SMARTS) is 2. The Morgan fingerprint density at radius 3 is 2.62 bits per heavy atom. The number of nitrogens with zero attached hydrogens (tertiary/aromatic N) is 5. The molecule has 37 heavy (non-hydrogen) atoms. The van der Waals surface area contributed by atoms with Crippen LogP contribution in [-0.2, 0) is 25.8 Å². The summed E-state index contributed by atoms with van der Waals surface area (Å²) in [5, 5.41) is 24.3. The number of amides is 2. The number of nitrogens with two attached hydrogens (primary N) is 1. The Hall–Kier alpha value is -4.05. The van der Waals surface area contributed by atoms with E-state index in [1.807, 2.05) is 0 Å². The molecule has 5 N–H and O–H groups in total. The van der Waals surface area contributed by atoms with E-state index in [0.717, 1.165) is 17.1 Å². The summed E-state index contributed by atoms with van der Waals surface area (Å²) in [6.45, 7) is 2.97. The lowest BCUT2D eigenvalue weighted by Crippen LogP contribution is -2.69. The molecule has 2 aromatic rings.